The molecule has 2 N–H and O–H groups in total. The number of carbonyl (C=O) groups excluding carboxylic acids is 1. The van der Waals surface area contributed by atoms with Crippen molar-refractivity contribution in [1.82, 2.24) is 15.3 Å². The number of imidazole rings is 1. The van der Waals surface area contributed by atoms with Gasteiger partial charge in [0.1, 0.15) is 11.5 Å². The van der Waals surface area contributed by atoms with Crippen molar-refractivity contribution in [2.24, 2.45) is 5.92 Å². The summed E-state index contributed by atoms with van der Waals surface area (Å²) in [6.07, 6.45) is 3.60. The number of methoxy groups -OCH3 is 1. The van der Waals surface area contributed by atoms with E-state index in [0.717, 1.165) is 25.3 Å². The van der Waals surface area contributed by atoms with E-state index in [1.165, 1.54) is 19.7 Å². The summed E-state index contributed by atoms with van der Waals surface area (Å²) in [6, 6.07) is 0. The fourth-order valence-corrected chi connectivity index (χ4v) is 1.84. The van der Waals surface area contributed by atoms with E-state index in [-0.39, 0.29) is 5.97 Å². The molecule has 0 aliphatic carbocycles. The molecule has 1 aromatic rings. The van der Waals surface area contributed by atoms with Crippen LogP contribution in [0, 0.1) is 5.92 Å². The van der Waals surface area contributed by atoms with E-state index in [1.807, 2.05) is 0 Å². The molecule has 1 atom stereocenters. The number of nitrogens with one attached hydrogen (secondary N) is 2. The Morgan fingerprint density at radius 3 is 3.27 bits per heavy atom. The maximum atomic E-state index is 11.2. The van der Waals surface area contributed by atoms with Crippen LogP contribution in [0.4, 0.5) is 0 Å². The number of aromatic nitrogens is 2. The first-order chi connectivity index (χ1) is 7.29. The topological polar surface area (TPSA) is 67.0 Å². The van der Waals surface area contributed by atoms with Gasteiger partial charge in [0.15, 0.2) is 0 Å². The lowest BCUT2D eigenvalue weighted by Gasteiger charge is -2.04. The van der Waals surface area contributed by atoms with Crippen molar-refractivity contribution in [2.75, 3.05) is 20.2 Å². The molecular formula is C10H15N3O2. The van der Waals surface area contributed by atoms with Gasteiger partial charge in [0, 0.05) is 6.42 Å². The quantitative estimate of drug-likeness (QED) is 0.705. The molecule has 0 aromatic carbocycles. The lowest BCUT2D eigenvalue weighted by Crippen LogP contribution is -2.11. The number of hydrogen-bond donors (Lipinski definition) is 2. The fraction of sp³-hybridized carbons (Fsp3) is 0.600. The van der Waals surface area contributed by atoms with Crippen LogP contribution in [0.1, 0.15) is 22.7 Å². The van der Waals surface area contributed by atoms with Crippen molar-refractivity contribution < 1.29 is 9.53 Å². The molecule has 5 nitrogen and oxygen atoms in total. The number of nitrogens with zero attached hydrogens (tertiary/aromatic N) is 1. The molecule has 0 spiro atoms. The van der Waals surface area contributed by atoms with Crippen LogP contribution in [-0.2, 0) is 11.2 Å². The molecule has 2 rings (SSSR count). The Morgan fingerprint density at radius 1 is 1.73 bits per heavy atom. The predicted molar refractivity (Wildman–Crippen MR) is 54.6 cm³/mol. The second-order valence-corrected chi connectivity index (χ2v) is 3.80. The summed E-state index contributed by atoms with van der Waals surface area (Å²) >= 11 is 0. The number of carbonyl (C=O) groups is 1. The highest BCUT2D eigenvalue weighted by atomic mass is 16.5. The summed E-state index contributed by atoms with van der Waals surface area (Å²) in [5, 5.41) is 3.30. The molecule has 0 bridgehead atoms. The Balaban J connectivity index is 1.97. The molecule has 5 heteroatoms. The van der Waals surface area contributed by atoms with Gasteiger partial charge in [-0.3, -0.25) is 0 Å². The molecule has 1 unspecified atom stereocenters. The zero-order valence-corrected chi connectivity index (χ0v) is 8.75. The largest absolute Gasteiger partial charge is 0.464 e. The normalized spacial score (nSPS) is 20.5. The van der Waals surface area contributed by atoms with E-state index >= 15 is 0 Å². The SMILES string of the molecule is COC(=O)c1cnc(CC2CCNC2)[nH]1. The Labute approximate surface area is 88.2 Å². The summed E-state index contributed by atoms with van der Waals surface area (Å²) < 4.78 is 4.60. The third-order valence-corrected chi connectivity index (χ3v) is 2.68. The second-order valence-electron chi connectivity index (χ2n) is 3.80. The van der Waals surface area contributed by atoms with Gasteiger partial charge < -0.3 is 15.0 Å². The lowest BCUT2D eigenvalue weighted by molar-refractivity contribution is 0.0594. The smallest absolute Gasteiger partial charge is 0.356 e. The average molecular weight is 209 g/mol. The Kier molecular flexibility index (Phi) is 3.01. The molecule has 1 aliphatic rings. The van der Waals surface area contributed by atoms with Gasteiger partial charge in [-0.15, -0.1) is 0 Å². The zero-order valence-electron chi connectivity index (χ0n) is 8.75. The van der Waals surface area contributed by atoms with Crippen molar-refractivity contribution in [3.05, 3.63) is 17.7 Å². The van der Waals surface area contributed by atoms with Crippen LogP contribution in [0.5, 0.6) is 0 Å². The van der Waals surface area contributed by atoms with Crippen LogP contribution >= 0.6 is 0 Å². The Bertz CT molecular complexity index is 342. The summed E-state index contributed by atoms with van der Waals surface area (Å²) in [5.41, 5.74) is 0.429. The van der Waals surface area contributed by atoms with E-state index in [9.17, 15) is 4.79 Å². The first-order valence-electron chi connectivity index (χ1n) is 5.12. The molecule has 2 heterocycles. The third-order valence-electron chi connectivity index (χ3n) is 2.68. The van der Waals surface area contributed by atoms with Gasteiger partial charge in [-0.05, 0) is 25.4 Å². The summed E-state index contributed by atoms with van der Waals surface area (Å²) in [5.74, 6) is 1.13. The zero-order chi connectivity index (χ0) is 10.7. The fourth-order valence-electron chi connectivity index (χ4n) is 1.84. The van der Waals surface area contributed by atoms with Gasteiger partial charge in [-0.2, -0.15) is 0 Å². The maximum absolute atomic E-state index is 11.2. The lowest BCUT2D eigenvalue weighted by atomic mass is 10.1. The molecule has 1 saturated heterocycles. The highest BCUT2D eigenvalue weighted by Gasteiger charge is 2.17. The summed E-state index contributed by atoms with van der Waals surface area (Å²) in [7, 11) is 1.36. The molecule has 15 heavy (non-hydrogen) atoms. The summed E-state index contributed by atoms with van der Waals surface area (Å²) in [4.78, 5) is 18.3. The standard InChI is InChI=1S/C10H15N3O2/c1-15-10(14)8-6-12-9(13-8)4-7-2-3-11-5-7/h6-7,11H,2-5H2,1H3,(H,12,13). The minimum Gasteiger partial charge on any atom is -0.464 e. The van der Waals surface area contributed by atoms with Crippen molar-refractivity contribution in [3.63, 3.8) is 0 Å². The summed E-state index contributed by atoms with van der Waals surface area (Å²) in [6.45, 7) is 2.11. The molecular weight excluding hydrogens is 194 g/mol. The monoisotopic (exact) mass is 209 g/mol. The van der Waals surface area contributed by atoms with Crippen LogP contribution in [0.2, 0.25) is 0 Å². The van der Waals surface area contributed by atoms with Crippen LogP contribution in [0.3, 0.4) is 0 Å². The van der Waals surface area contributed by atoms with Gasteiger partial charge >= 0.3 is 5.97 Å². The highest BCUT2D eigenvalue weighted by molar-refractivity contribution is 5.86. The average Bonchev–Trinajstić information content (AvgIpc) is 2.88. The number of aromatic amines is 1. The van der Waals surface area contributed by atoms with Crippen LogP contribution in [0.25, 0.3) is 0 Å². The van der Waals surface area contributed by atoms with Crippen LogP contribution < -0.4 is 5.32 Å². The van der Waals surface area contributed by atoms with Crippen molar-refractivity contribution in [2.45, 2.75) is 12.8 Å². The van der Waals surface area contributed by atoms with Crippen molar-refractivity contribution in [1.29, 1.82) is 0 Å². The van der Waals surface area contributed by atoms with Gasteiger partial charge in [0.05, 0.1) is 13.3 Å². The highest BCUT2D eigenvalue weighted by Crippen LogP contribution is 2.13. The Morgan fingerprint density at radius 2 is 2.60 bits per heavy atom. The van der Waals surface area contributed by atoms with E-state index in [0.29, 0.717) is 11.6 Å². The molecule has 82 valence electrons. The number of hydrogen-bond acceptors (Lipinski definition) is 4. The first-order valence-corrected chi connectivity index (χ1v) is 5.12. The van der Waals surface area contributed by atoms with Gasteiger partial charge in [0.2, 0.25) is 0 Å². The minimum atomic E-state index is -0.363. The van der Waals surface area contributed by atoms with Gasteiger partial charge in [0.25, 0.3) is 0 Å². The van der Waals surface area contributed by atoms with E-state index in [2.05, 4.69) is 20.0 Å². The second kappa shape index (κ2) is 4.44. The number of ether oxygens (including phenoxy) is 1. The molecule has 1 fully saturated rings. The van der Waals surface area contributed by atoms with Crippen molar-refractivity contribution >= 4 is 5.97 Å². The molecule has 0 amide bonds. The van der Waals surface area contributed by atoms with E-state index in [1.54, 1.807) is 0 Å². The number of rotatable bonds is 3. The third kappa shape index (κ3) is 2.36. The predicted octanol–water partition coefficient (Wildman–Crippen LogP) is 0.348. The minimum absolute atomic E-state index is 0.363. The van der Waals surface area contributed by atoms with E-state index in [4.69, 9.17) is 0 Å². The number of esters is 1. The van der Waals surface area contributed by atoms with Crippen molar-refractivity contribution in [3.8, 4) is 0 Å². The molecule has 1 aliphatic heterocycles. The van der Waals surface area contributed by atoms with Crippen LogP contribution in [0.15, 0.2) is 6.20 Å². The first kappa shape index (κ1) is 10.2. The van der Waals surface area contributed by atoms with Gasteiger partial charge in [-0.25, -0.2) is 9.78 Å². The maximum Gasteiger partial charge on any atom is 0.356 e. The Hall–Kier alpha value is -1.36. The number of H-pyrrole nitrogens is 1. The van der Waals surface area contributed by atoms with Crippen LogP contribution in [-0.4, -0.2) is 36.1 Å². The molecule has 0 radical (unpaired) electrons. The van der Waals surface area contributed by atoms with E-state index < -0.39 is 0 Å². The molecule has 1 aromatic heterocycles. The van der Waals surface area contributed by atoms with Gasteiger partial charge in [-0.1, -0.05) is 0 Å². The molecule has 0 saturated carbocycles.